The van der Waals surface area contributed by atoms with Crippen molar-refractivity contribution in [2.75, 3.05) is 13.7 Å². The Hall–Kier alpha value is -4.00. The highest BCUT2D eigenvalue weighted by atomic mass is 19.4. The molecular formula is C22H23F3N6O4. The monoisotopic (exact) mass is 492 g/mol. The number of oxazole rings is 1. The van der Waals surface area contributed by atoms with Crippen LogP contribution in [0.15, 0.2) is 33.7 Å². The summed E-state index contributed by atoms with van der Waals surface area (Å²) in [6.45, 7) is 3.19. The van der Waals surface area contributed by atoms with Crippen LogP contribution in [-0.2, 0) is 12.7 Å². The maximum absolute atomic E-state index is 13.2. The van der Waals surface area contributed by atoms with Crippen molar-refractivity contribution < 1.29 is 31.9 Å². The minimum Gasteiger partial charge on any atom is -0.494 e. The number of halogens is 3. The Kier molecular flexibility index (Phi) is 7.69. The molecule has 1 atom stereocenters. The van der Waals surface area contributed by atoms with Gasteiger partial charge in [-0.2, -0.15) is 13.2 Å². The number of amides is 3. The predicted molar refractivity (Wildman–Crippen MR) is 121 cm³/mol. The molecule has 2 heterocycles. The molecule has 1 aromatic carbocycles. The first-order chi connectivity index (χ1) is 16.6. The van der Waals surface area contributed by atoms with Crippen molar-refractivity contribution in [2.24, 2.45) is 10.7 Å². The van der Waals surface area contributed by atoms with Gasteiger partial charge in [0, 0.05) is 29.8 Å². The van der Waals surface area contributed by atoms with Crippen LogP contribution in [0.4, 0.5) is 18.0 Å². The van der Waals surface area contributed by atoms with Crippen LogP contribution in [0.5, 0.6) is 5.75 Å². The van der Waals surface area contributed by atoms with Crippen LogP contribution in [0, 0.1) is 0 Å². The summed E-state index contributed by atoms with van der Waals surface area (Å²) in [6, 6.07) is 4.06. The zero-order valence-electron chi connectivity index (χ0n) is 19.1. The average molecular weight is 492 g/mol. The number of methoxy groups -OCH3 is 1. The quantitative estimate of drug-likeness (QED) is 0.429. The van der Waals surface area contributed by atoms with Gasteiger partial charge in [0.1, 0.15) is 17.0 Å². The molecule has 2 aromatic heterocycles. The third-order valence-corrected chi connectivity index (χ3v) is 4.84. The fourth-order valence-electron chi connectivity index (χ4n) is 3.23. The molecule has 13 heteroatoms. The SMILES string of the molecule is C/C=N/C(=O)N[C@H](C)CNC(=O)c1nc(-c2ccc(OC)c3nc(C(F)(F)F)ccc23)oc1CN. The lowest BCUT2D eigenvalue weighted by Gasteiger charge is -2.12. The zero-order chi connectivity index (χ0) is 25.8. The van der Waals surface area contributed by atoms with Crippen molar-refractivity contribution in [3.05, 3.63) is 41.4 Å². The second-order valence-corrected chi connectivity index (χ2v) is 7.35. The maximum Gasteiger partial charge on any atom is 0.433 e. The number of carbonyl (C=O) groups is 2. The normalized spacial score (nSPS) is 12.7. The molecule has 0 unspecified atom stereocenters. The summed E-state index contributed by atoms with van der Waals surface area (Å²) in [7, 11) is 1.31. The number of aromatic nitrogens is 2. The molecule has 10 nitrogen and oxygen atoms in total. The Morgan fingerprint density at radius 1 is 1.26 bits per heavy atom. The number of pyridine rings is 1. The van der Waals surface area contributed by atoms with Crippen LogP contribution in [0.3, 0.4) is 0 Å². The number of rotatable bonds is 7. The molecule has 35 heavy (non-hydrogen) atoms. The molecule has 3 amide bonds. The Morgan fingerprint density at radius 2 is 2.00 bits per heavy atom. The van der Waals surface area contributed by atoms with Gasteiger partial charge in [-0.25, -0.2) is 19.8 Å². The van der Waals surface area contributed by atoms with E-state index in [0.29, 0.717) is 5.56 Å². The van der Waals surface area contributed by atoms with Crippen molar-refractivity contribution in [2.45, 2.75) is 32.6 Å². The fraction of sp³-hybridized carbons (Fsp3) is 0.318. The second-order valence-electron chi connectivity index (χ2n) is 7.35. The number of benzene rings is 1. The number of nitrogens with two attached hydrogens (primary N) is 1. The van der Waals surface area contributed by atoms with Gasteiger partial charge in [-0.05, 0) is 38.1 Å². The van der Waals surface area contributed by atoms with Crippen molar-refractivity contribution in [3.8, 4) is 17.2 Å². The molecule has 0 spiro atoms. The minimum absolute atomic E-state index is 0.0246. The number of hydrogen-bond acceptors (Lipinski definition) is 7. The lowest BCUT2D eigenvalue weighted by atomic mass is 10.1. The summed E-state index contributed by atoms with van der Waals surface area (Å²) < 4.78 is 50.4. The first-order valence-corrected chi connectivity index (χ1v) is 10.4. The molecule has 0 saturated heterocycles. The van der Waals surface area contributed by atoms with Gasteiger partial charge in [0.25, 0.3) is 5.91 Å². The Morgan fingerprint density at radius 3 is 2.63 bits per heavy atom. The van der Waals surface area contributed by atoms with Crippen LogP contribution in [0.1, 0.15) is 35.8 Å². The van der Waals surface area contributed by atoms with E-state index in [1.807, 2.05) is 0 Å². The fourth-order valence-corrected chi connectivity index (χ4v) is 3.23. The van der Waals surface area contributed by atoms with Crippen molar-refractivity contribution >= 4 is 29.1 Å². The topological polar surface area (TPSA) is 145 Å². The zero-order valence-corrected chi connectivity index (χ0v) is 19.1. The number of ether oxygens (including phenoxy) is 1. The number of alkyl halides is 3. The lowest BCUT2D eigenvalue weighted by molar-refractivity contribution is -0.140. The highest BCUT2D eigenvalue weighted by Gasteiger charge is 2.33. The number of carbonyl (C=O) groups excluding carboxylic acids is 2. The molecule has 0 bridgehead atoms. The lowest BCUT2D eigenvalue weighted by Crippen LogP contribution is -2.41. The molecule has 186 valence electrons. The van der Waals surface area contributed by atoms with Gasteiger partial charge >= 0.3 is 12.2 Å². The Labute approximate surface area is 197 Å². The average Bonchev–Trinajstić information content (AvgIpc) is 3.25. The van der Waals surface area contributed by atoms with Gasteiger partial charge in [-0.15, -0.1) is 0 Å². The van der Waals surface area contributed by atoms with E-state index in [1.54, 1.807) is 13.8 Å². The summed E-state index contributed by atoms with van der Waals surface area (Å²) in [5.74, 6) is -0.422. The van der Waals surface area contributed by atoms with E-state index >= 15 is 0 Å². The van der Waals surface area contributed by atoms with Gasteiger partial charge in [0.05, 0.1) is 13.7 Å². The molecule has 0 aliphatic heterocycles. The van der Waals surface area contributed by atoms with E-state index < -0.39 is 29.9 Å². The van der Waals surface area contributed by atoms with Gasteiger partial charge in [0.15, 0.2) is 11.5 Å². The van der Waals surface area contributed by atoms with E-state index in [4.69, 9.17) is 14.9 Å². The number of fused-ring (bicyclic) bond motifs is 1. The first-order valence-electron chi connectivity index (χ1n) is 10.4. The van der Waals surface area contributed by atoms with Crippen molar-refractivity contribution in [1.29, 1.82) is 0 Å². The summed E-state index contributed by atoms with van der Waals surface area (Å²) in [5.41, 5.74) is 4.80. The van der Waals surface area contributed by atoms with Crippen LogP contribution in [0.2, 0.25) is 0 Å². The van der Waals surface area contributed by atoms with Crippen LogP contribution < -0.4 is 21.1 Å². The Bertz CT molecular complexity index is 1270. The van der Waals surface area contributed by atoms with E-state index in [0.717, 1.165) is 6.07 Å². The third kappa shape index (κ3) is 5.74. The van der Waals surface area contributed by atoms with Crippen LogP contribution in [-0.4, -0.2) is 47.8 Å². The summed E-state index contributed by atoms with van der Waals surface area (Å²) >= 11 is 0. The molecule has 3 rings (SSSR count). The van der Waals surface area contributed by atoms with Crippen molar-refractivity contribution in [3.63, 3.8) is 0 Å². The standard InChI is InChI=1S/C22H23F3N6O4/c1-4-27-21(33)29-11(2)10-28-19(32)18-15(9-26)35-20(31-18)13-5-7-14(34-3)17-12(13)6-8-16(30-17)22(23,24)25/h4-8,11H,9-10,26H2,1-3H3,(H,28,32)(H,29,33)/b27-4+/t11-/m1/s1. The number of nitrogens with one attached hydrogen (secondary N) is 2. The van der Waals surface area contributed by atoms with E-state index in [-0.39, 0.29) is 47.1 Å². The number of nitrogens with zero attached hydrogens (tertiary/aromatic N) is 3. The summed E-state index contributed by atoms with van der Waals surface area (Å²) in [4.78, 5) is 35.7. The van der Waals surface area contributed by atoms with Crippen molar-refractivity contribution in [1.82, 2.24) is 20.6 Å². The van der Waals surface area contributed by atoms with Gasteiger partial charge in [-0.3, -0.25) is 4.79 Å². The molecule has 0 saturated carbocycles. The number of aliphatic imine (C=N–C) groups is 1. The van der Waals surface area contributed by atoms with Gasteiger partial charge in [0.2, 0.25) is 5.89 Å². The minimum atomic E-state index is -4.64. The van der Waals surface area contributed by atoms with Gasteiger partial charge < -0.3 is 25.5 Å². The maximum atomic E-state index is 13.2. The van der Waals surface area contributed by atoms with Crippen LogP contribution >= 0.6 is 0 Å². The highest BCUT2D eigenvalue weighted by molar-refractivity contribution is 5.98. The second kappa shape index (κ2) is 10.5. The predicted octanol–water partition coefficient (Wildman–Crippen LogP) is 3.29. The molecule has 0 radical (unpaired) electrons. The molecule has 0 fully saturated rings. The Balaban J connectivity index is 1.93. The molecule has 0 aliphatic carbocycles. The summed E-state index contributed by atoms with van der Waals surface area (Å²) in [5, 5.41) is 5.48. The summed E-state index contributed by atoms with van der Waals surface area (Å²) in [6.07, 6.45) is -3.30. The van der Waals surface area contributed by atoms with E-state index in [2.05, 4.69) is 25.6 Å². The molecule has 3 aromatic rings. The van der Waals surface area contributed by atoms with Gasteiger partial charge in [-0.1, -0.05) is 0 Å². The molecule has 0 aliphatic rings. The number of hydrogen-bond donors (Lipinski definition) is 3. The van der Waals surface area contributed by atoms with Crippen LogP contribution in [0.25, 0.3) is 22.4 Å². The van der Waals surface area contributed by atoms with E-state index in [1.165, 1.54) is 31.5 Å². The molecule has 4 N–H and O–H groups in total. The third-order valence-electron chi connectivity index (χ3n) is 4.84. The number of urea groups is 1. The first kappa shape index (κ1) is 25.6. The smallest absolute Gasteiger partial charge is 0.433 e. The van der Waals surface area contributed by atoms with E-state index in [9.17, 15) is 22.8 Å². The molecular weight excluding hydrogens is 469 g/mol. The largest absolute Gasteiger partial charge is 0.494 e. The highest BCUT2D eigenvalue weighted by Crippen LogP contribution is 2.36.